The van der Waals surface area contributed by atoms with Gasteiger partial charge in [0.2, 0.25) is 5.91 Å². The van der Waals surface area contributed by atoms with E-state index in [2.05, 4.69) is 26.2 Å². The van der Waals surface area contributed by atoms with E-state index >= 15 is 0 Å². The molecule has 4 heteroatoms. The van der Waals surface area contributed by atoms with Crippen LogP contribution < -0.4 is 11.3 Å². The number of hydrogen-bond acceptors (Lipinski definition) is 3. The van der Waals surface area contributed by atoms with Crippen LogP contribution in [0, 0.1) is 17.8 Å². The Morgan fingerprint density at radius 2 is 2.18 bits per heavy atom. The van der Waals surface area contributed by atoms with E-state index in [1.807, 2.05) is 0 Å². The van der Waals surface area contributed by atoms with Crippen molar-refractivity contribution in [1.29, 1.82) is 0 Å². The van der Waals surface area contributed by atoms with Crippen molar-refractivity contribution in [1.82, 2.24) is 5.43 Å². The Bertz CT molecular complexity index is 244. The van der Waals surface area contributed by atoms with Gasteiger partial charge in [0.05, 0.1) is 19.1 Å². The van der Waals surface area contributed by atoms with Crippen LogP contribution in [-0.4, -0.2) is 18.6 Å². The maximum atomic E-state index is 11.0. The Morgan fingerprint density at radius 3 is 2.76 bits per heavy atom. The third kappa shape index (κ3) is 4.64. The molecular weight excluding hydrogens is 216 g/mol. The highest BCUT2D eigenvalue weighted by Gasteiger charge is 2.31. The summed E-state index contributed by atoms with van der Waals surface area (Å²) >= 11 is 0. The molecule has 0 aromatic rings. The Labute approximate surface area is 104 Å². The van der Waals surface area contributed by atoms with E-state index in [-0.39, 0.29) is 5.91 Å². The summed E-state index contributed by atoms with van der Waals surface area (Å²) < 4.78 is 5.88. The summed E-state index contributed by atoms with van der Waals surface area (Å²) in [7, 11) is 0. The minimum absolute atomic E-state index is 0.157. The summed E-state index contributed by atoms with van der Waals surface area (Å²) in [5.41, 5.74) is 2.13. The van der Waals surface area contributed by atoms with Gasteiger partial charge in [-0.2, -0.15) is 0 Å². The standard InChI is InChI=1S/C13H26N2O2/c1-9(2)11-5-4-10(3)8-12(11)17-7-6-13(16)15-14/h9-12H,4-8,14H2,1-3H3,(H,15,16). The highest BCUT2D eigenvalue weighted by molar-refractivity contribution is 5.75. The number of carbonyl (C=O) groups excluding carboxylic acids is 1. The molecule has 0 bridgehead atoms. The van der Waals surface area contributed by atoms with Crippen LogP contribution in [0.15, 0.2) is 0 Å². The molecule has 100 valence electrons. The fourth-order valence-corrected chi connectivity index (χ4v) is 2.68. The fraction of sp³-hybridized carbons (Fsp3) is 0.923. The molecule has 3 N–H and O–H groups in total. The van der Waals surface area contributed by atoms with Crippen molar-refractivity contribution in [3.05, 3.63) is 0 Å². The first kappa shape index (κ1) is 14.5. The Hall–Kier alpha value is -0.610. The number of hydrogen-bond donors (Lipinski definition) is 2. The summed E-state index contributed by atoms with van der Waals surface area (Å²) in [5.74, 6) is 6.89. The number of rotatable bonds is 5. The van der Waals surface area contributed by atoms with Gasteiger partial charge in [0, 0.05) is 0 Å². The molecule has 0 aliphatic heterocycles. The summed E-state index contributed by atoms with van der Waals surface area (Å²) in [6.45, 7) is 7.26. The van der Waals surface area contributed by atoms with Crippen molar-refractivity contribution in [3.8, 4) is 0 Å². The zero-order chi connectivity index (χ0) is 12.8. The van der Waals surface area contributed by atoms with E-state index < -0.39 is 0 Å². The first-order chi connectivity index (χ1) is 8.04. The molecule has 0 aromatic heterocycles. The Balaban J connectivity index is 2.38. The summed E-state index contributed by atoms with van der Waals surface area (Å²) in [5, 5.41) is 0. The monoisotopic (exact) mass is 242 g/mol. The lowest BCUT2D eigenvalue weighted by Gasteiger charge is -2.37. The van der Waals surface area contributed by atoms with Crippen molar-refractivity contribution in [2.75, 3.05) is 6.61 Å². The molecule has 0 radical (unpaired) electrons. The topological polar surface area (TPSA) is 64.3 Å². The number of nitrogens with two attached hydrogens (primary N) is 1. The van der Waals surface area contributed by atoms with Crippen LogP contribution in [0.3, 0.4) is 0 Å². The van der Waals surface area contributed by atoms with E-state index in [4.69, 9.17) is 10.6 Å². The second-order valence-electron chi connectivity index (χ2n) is 5.55. The first-order valence-corrected chi connectivity index (χ1v) is 6.65. The van der Waals surface area contributed by atoms with E-state index in [0.717, 1.165) is 12.3 Å². The van der Waals surface area contributed by atoms with Crippen LogP contribution in [0.2, 0.25) is 0 Å². The zero-order valence-electron chi connectivity index (χ0n) is 11.2. The maximum absolute atomic E-state index is 11.0. The molecule has 1 saturated carbocycles. The van der Waals surface area contributed by atoms with Crippen LogP contribution in [0.5, 0.6) is 0 Å². The van der Waals surface area contributed by atoms with Gasteiger partial charge in [0.1, 0.15) is 0 Å². The van der Waals surface area contributed by atoms with Crippen LogP contribution in [0.25, 0.3) is 0 Å². The fourth-order valence-electron chi connectivity index (χ4n) is 2.68. The minimum Gasteiger partial charge on any atom is -0.377 e. The molecule has 4 nitrogen and oxygen atoms in total. The second kappa shape index (κ2) is 6.97. The summed E-state index contributed by atoms with van der Waals surface area (Å²) in [6, 6.07) is 0. The number of nitrogens with one attached hydrogen (secondary N) is 1. The molecular formula is C13H26N2O2. The van der Waals surface area contributed by atoms with Gasteiger partial charge in [-0.3, -0.25) is 10.2 Å². The van der Waals surface area contributed by atoms with E-state index in [0.29, 0.717) is 31.0 Å². The molecule has 1 aliphatic carbocycles. The zero-order valence-corrected chi connectivity index (χ0v) is 11.2. The average molecular weight is 242 g/mol. The van der Waals surface area contributed by atoms with E-state index in [1.165, 1.54) is 12.8 Å². The third-order valence-corrected chi connectivity index (χ3v) is 3.78. The highest BCUT2D eigenvalue weighted by Crippen LogP contribution is 2.35. The average Bonchev–Trinajstić information content (AvgIpc) is 2.28. The molecule has 1 amide bonds. The van der Waals surface area contributed by atoms with Crippen LogP contribution >= 0.6 is 0 Å². The van der Waals surface area contributed by atoms with Crippen molar-refractivity contribution >= 4 is 5.91 Å². The van der Waals surface area contributed by atoms with Gasteiger partial charge in [0.25, 0.3) is 0 Å². The normalized spacial score (nSPS) is 29.4. The predicted molar refractivity (Wildman–Crippen MR) is 68.0 cm³/mol. The quantitative estimate of drug-likeness (QED) is 0.439. The largest absolute Gasteiger partial charge is 0.377 e. The molecule has 17 heavy (non-hydrogen) atoms. The van der Waals surface area contributed by atoms with Crippen LogP contribution in [0.1, 0.15) is 46.5 Å². The maximum Gasteiger partial charge on any atom is 0.236 e. The van der Waals surface area contributed by atoms with E-state index in [1.54, 1.807) is 0 Å². The lowest BCUT2D eigenvalue weighted by molar-refractivity contribution is -0.123. The van der Waals surface area contributed by atoms with Gasteiger partial charge in [-0.1, -0.05) is 27.2 Å². The molecule has 0 saturated heterocycles. The van der Waals surface area contributed by atoms with Gasteiger partial charge in [-0.25, -0.2) is 5.84 Å². The van der Waals surface area contributed by atoms with Crippen LogP contribution in [-0.2, 0) is 9.53 Å². The molecule has 0 aromatic carbocycles. The minimum atomic E-state index is -0.157. The lowest BCUT2D eigenvalue weighted by Crippen LogP contribution is -2.36. The molecule has 1 fully saturated rings. The van der Waals surface area contributed by atoms with Crippen molar-refractivity contribution in [2.45, 2.75) is 52.6 Å². The number of carbonyl (C=O) groups is 1. The Morgan fingerprint density at radius 1 is 1.47 bits per heavy atom. The predicted octanol–water partition coefficient (Wildman–Crippen LogP) is 1.84. The van der Waals surface area contributed by atoms with Crippen LogP contribution in [0.4, 0.5) is 0 Å². The summed E-state index contributed by atoms with van der Waals surface area (Å²) in [4.78, 5) is 11.0. The first-order valence-electron chi connectivity index (χ1n) is 6.65. The SMILES string of the molecule is CC1CCC(C(C)C)C(OCCC(=O)NN)C1. The Kier molecular flexibility index (Phi) is 5.92. The van der Waals surface area contributed by atoms with Gasteiger partial charge < -0.3 is 4.74 Å². The molecule has 3 atom stereocenters. The van der Waals surface area contributed by atoms with Gasteiger partial charge >= 0.3 is 0 Å². The highest BCUT2D eigenvalue weighted by atomic mass is 16.5. The number of amides is 1. The van der Waals surface area contributed by atoms with Gasteiger partial charge in [-0.05, 0) is 30.6 Å². The molecule has 0 spiro atoms. The van der Waals surface area contributed by atoms with Crippen molar-refractivity contribution in [3.63, 3.8) is 0 Å². The second-order valence-corrected chi connectivity index (χ2v) is 5.55. The summed E-state index contributed by atoms with van der Waals surface area (Å²) in [6.07, 6.45) is 4.32. The van der Waals surface area contributed by atoms with Crippen molar-refractivity contribution in [2.24, 2.45) is 23.6 Å². The van der Waals surface area contributed by atoms with E-state index in [9.17, 15) is 4.79 Å². The molecule has 3 unspecified atom stereocenters. The molecule has 1 rings (SSSR count). The molecule has 1 aliphatic rings. The smallest absolute Gasteiger partial charge is 0.236 e. The van der Waals surface area contributed by atoms with Crippen molar-refractivity contribution < 1.29 is 9.53 Å². The van der Waals surface area contributed by atoms with Gasteiger partial charge in [0.15, 0.2) is 0 Å². The third-order valence-electron chi connectivity index (χ3n) is 3.78. The van der Waals surface area contributed by atoms with Gasteiger partial charge in [-0.15, -0.1) is 0 Å². The lowest BCUT2D eigenvalue weighted by atomic mass is 9.75. The number of ether oxygens (including phenoxy) is 1. The number of hydrazine groups is 1. The molecule has 0 heterocycles.